The van der Waals surface area contributed by atoms with E-state index < -0.39 is 22.8 Å². The lowest BCUT2D eigenvalue weighted by Crippen LogP contribution is -2.61. The van der Waals surface area contributed by atoms with Crippen LogP contribution in [0.15, 0.2) is 11.6 Å². The van der Waals surface area contributed by atoms with Crippen LogP contribution in [0, 0.1) is 10.8 Å². The maximum atomic E-state index is 12.2. The van der Waals surface area contributed by atoms with Gasteiger partial charge in [-0.25, -0.2) is 0 Å². The maximum absolute atomic E-state index is 12.2. The number of hydrogen-bond donors (Lipinski definition) is 1. The van der Waals surface area contributed by atoms with Crippen LogP contribution in [0.5, 0.6) is 0 Å². The Balaban J connectivity index is 2.52. The van der Waals surface area contributed by atoms with E-state index in [4.69, 9.17) is 9.47 Å². The zero-order chi connectivity index (χ0) is 13.4. The Morgan fingerprint density at radius 1 is 1.22 bits per heavy atom. The fraction of sp³-hybridized carbons (Fsp3) is 0.692. The highest BCUT2D eigenvalue weighted by Crippen LogP contribution is 2.64. The Morgan fingerprint density at radius 2 is 1.83 bits per heavy atom. The molecule has 18 heavy (non-hydrogen) atoms. The second-order valence-electron chi connectivity index (χ2n) is 4.89. The Hall–Kier alpha value is -1.36. The average Bonchev–Trinajstić information content (AvgIpc) is 2.39. The first kappa shape index (κ1) is 13.1. The first-order chi connectivity index (χ1) is 8.59. The number of methoxy groups -OCH3 is 2. The Bertz CT molecular complexity index is 414. The van der Waals surface area contributed by atoms with Crippen molar-refractivity contribution >= 4 is 11.9 Å². The number of rotatable bonds is 3. The van der Waals surface area contributed by atoms with E-state index in [1.54, 1.807) is 6.08 Å². The van der Waals surface area contributed by atoms with E-state index in [-0.39, 0.29) is 6.61 Å². The van der Waals surface area contributed by atoms with Crippen molar-refractivity contribution in [3.63, 3.8) is 0 Å². The van der Waals surface area contributed by atoms with Crippen molar-refractivity contribution in [2.24, 2.45) is 10.8 Å². The number of carbonyl (C=O) groups is 2. The molecule has 0 aromatic carbocycles. The monoisotopic (exact) mass is 254 g/mol. The van der Waals surface area contributed by atoms with Crippen molar-refractivity contribution in [3.8, 4) is 0 Å². The molecule has 2 atom stereocenters. The van der Waals surface area contributed by atoms with Gasteiger partial charge in [-0.3, -0.25) is 9.59 Å². The molecule has 0 heterocycles. The van der Waals surface area contributed by atoms with Gasteiger partial charge < -0.3 is 14.6 Å². The molecule has 0 aromatic rings. The molecule has 0 unspecified atom stereocenters. The zero-order valence-electron chi connectivity index (χ0n) is 10.7. The maximum Gasteiger partial charge on any atom is 0.317 e. The van der Waals surface area contributed by atoms with E-state index in [1.165, 1.54) is 14.2 Å². The van der Waals surface area contributed by atoms with Gasteiger partial charge in [-0.1, -0.05) is 18.9 Å². The summed E-state index contributed by atoms with van der Waals surface area (Å²) in [5, 5.41) is 9.38. The summed E-state index contributed by atoms with van der Waals surface area (Å²) in [7, 11) is 2.62. The van der Waals surface area contributed by atoms with Gasteiger partial charge in [0.15, 0.2) is 0 Å². The SMILES string of the molecule is COC(=O)[C@@]12CCCC[C@]1(C(=O)OC)C=C2CO. The van der Waals surface area contributed by atoms with E-state index in [9.17, 15) is 14.7 Å². The lowest BCUT2D eigenvalue weighted by Gasteiger charge is -2.55. The molecule has 0 saturated heterocycles. The van der Waals surface area contributed by atoms with E-state index >= 15 is 0 Å². The molecular formula is C13H18O5. The molecule has 1 N–H and O–H groups in total. The fourth-order valence-electron chi connectivity index (χ4n) is 3.50. The molecule has 5 heteroatoms. The van der Waals surface area contributed by atoms with Crippen LogP contribution in [0.25, 0.3) is 0 Å². The molecule has 0 aromatic heterocycles. The molecule has 0 amide bonds. The summed E-state index contributed by atoms with van der Waals surface area (Å²) in [5.74, 6) is -0.857. The van der Waals surface area contributed by atoms with Crippen molar-refractivity contribution in [3.05, 3.63) is 11.6 Å². The Labute approximate surface area is 106 Å². The van der Waals surface area contributed by atoms with E-state index in [0.717, 1.165) is 12.8 Å². The van der Waals surface area contributed by atoms with Crippen molar-refractivity contribution < 1.29 is 24.2 Å². The molecule has 2 aliphatic carbocycles. The number of fused-ring (bicyclic) bond motifs is 1. The molecular weight excluding hydrogens is 236 g/mol. The largest absolute Gasteiger partial charge is 0.468 e. The predicted octanol–water partition coefficient (Wildman–Crippen LogP) is 0.811. The first-order valence-electron chi connectivity index (χ1n) is 6.09. The summed E-state index contributed by atoms with van der Waals surface area (Å²) in [6.45, 7) is -0.228. The minimum Gasteiger partial charge on any atom is -0.468 e. The lowest BCUT2D eigenvalue weighted by molar-refractivity contribution is -0.179. The minimum absolute atomic E-state index is 0.228. The van der Waals surface area contributed by atoms with Crippen LogP contribution >= 0.6 is 0 Å². The molecule has 0 bridgehead atoms. The van der Waals surface area contributed by atoms with Crippen molar-refractivity contribution in [2.45, 2.75) is 25.7 Å². The summed E-state index contributed by atoms with van der Waals surface area (Å²) in [4.78, 5) is 24.2. The third-order valence-corrected chi connectivity index (χ3v) is 4.36. The molecule has 1 saturated carbocycles. The van der Waals surface area contributed by atoms with Crippen LogP contribution in [-0.2, 0) is 19.1 Å². The third-order valence-electron chi connectivity index (χ3n) is 4.36. The second kappa shape index (κ2) is 4.39. The van der Waals surface area contributed by atoms with Gasteiger partial charge >= 0.3 is 11.9 Å². The quantitative estimate of drug-likeness (QED) is 0.596. The van der Waals surface area contributed by atoms with E-state index in [2.05, 4.69) is 0 Å². The molecule has 1 fully saturated rings. The normalized spacial score (nSPS) is 33.8. The smallest absolute Gasteiger partial charge is 0.317 e. The summed E-state index contributed by atoms with van der Waals surface area (Å²) >= 11 is 0. The topological polar surface area (TPSA) is 72.8 Å². The molecule has 2 rings (SSSR count). The average molecular weight is 254 g/mol. The van der Waals surface area contributed by atoms with Crippen molar-refractivity contribution in [1.82, 2.24) is 0 Å². The van der Waals surface area contributed by atoms with Gasteiger partial charge in [0.25, 0.3) is 0 Å². The first-order valence-corrected chi connectivity index (χ1v) is 6.09. The molecule has 100 valence electrons. The van der Waals surface area contributed by atoms with Gasteiger partial charge in [-0.15, -0.1) is 0 Å². The summed E-state index contributed by atoms with van der Waals surface area (Å²) in [5.41, 5.74) is -1.37. The van der Waals surface area contributed by atoms with Crippen molar-refractivity contribution in [2.75, 3.05) is 20.8 Å². The number of esters is 2. The molecule has 0 aliphatic heterocycles. The number of aliphatic hydroxyl groups is 1. The number of aliphatic hydroxyl groups excluding tert-OH is 1. The molecule has 5 nitrogen and oxygen atoms in total. The summed E-state index contributed by atoms with van der Waals surface area (Å²) in [6.07, 6.45) is 4.49. The number of hydrogen-bond acceptors (Lipinski definition) is 5. The van der Waals surface area contributed by atoms with Crippen molar-refractivity contribution in [1.29, 1.82) is 0 Å². The predicted molar refractivity (Wildman–Crippen MR) is 62.5 cm³/mol. The van der Waals surface area contributed by atoms with Crippen LogP contribution in [0.3, 0.4) is 0 Å². The minimum atomic E-state index is -1.01. The van der Waals surface area contributed by atoms with Gasteiger partial charge in [0.05, 0.1) is 20.8 Å². The van der Waals surface area contributed by atoms with Gasteiger partial charge in [-0.2, -0.15) is 0 Å². The Kier molecular flexibility index (Phi) is 3.19. The van der Waals surface area contributed by atoms with Crippen LogP contribution in [-0.4, -0.2) is 37.9 Å². The molecule has 0 radical (unpaired) electrons. The summed E-state index contributed by atoms with van der Waals surface area (Å²) < 4.78 is 9.72. The van der Waals surface area contributed by atoms with Crippen LogP contribution in [0.2, 0.25) is 0 Å². The fourth-order valence-corrected chi connectivity index (χ4v) is 3.50. The lowest BCUT2D eigenvalue weighted by atomic mass is 9.45. The molecule has 0 spiro atoms. The zero-order valence-corrected chi connectivity index (χ0v) is 10.7. The van der Waals surface area contributed by atoms with Crippen LogP contribution in [0.4, 0.5) is 0 Å². The van der Waals surface area contributed by atoms with E-state index in [1.807, 2.05) is 0 Å². The highest BCUT2D eigenvalue weighted by molar-refractivity contribution is 5.96. The van der Waals surface area contributed by atoms with Gasteiger partial charge in [0, 0.05) is 0 Å². The van der Waals surface area contributed by atoms with E-state index in [0.29, 0.717) is 18.4 Å². The highest BCUT2D eigenvalue weighted by Gasteiger charge is 2.69. The highest BCUT2D eigenvalue weighted by atomic mass is 16.5. The second-order valence-corrected chi connectivity index (χ2v) is 4.89. The Morgan fingerprint density at radius 3 is 2.39 bits per heavy atom. The van der Waals surface area contributed by atoms with Gasteiger partial charge in [0.2, 0.25) is 0 Å². The van der Waals surface area contributed by atoms with Crippen LogP contribution < -0.4 is 0 Å². The molecule has 2 aliphatic rings. The number of carbonyl (C=O) groups excluding carboxylic acids is 2. The van der Waals surface area contributed by atoms with Crippen LogP contribution in [0.1, 0.15) is 25.7 Å². The standard InChI is InChI=1S/C13H18O5/c1-17-10(15)12-5-3-4-6-13(12,11(16)18-2)9(7-12)8-14/h7,14H,3-6,8H2,1-2H3/t12-,13+/m1/s1. The number of ether oxygens (including phenoxy) is 2. The third kappa shape index (κ3) is 1.31. The van der Waals surface area contributed by atoms with Gasteiger partial charge in [0.1, 0.15) is 10.8 Å². The van der Waals surface area contributed by atoms with Gasteiger partial charge in [-0.05, 0) is 18.4 Å². The summed E-state index contributed by atoms with van der Waals surface area (Å²) in [6, 6.07) is 0.